The van der Waals surface area contributed by atoms with E-state index in [-0.39, 0.29) is 17.1 Å². The predicted molar refractivity (Wildman–Crippen MR) is 79.1 cm³/mol. The highest BCUT2D eigenvalue weighted by Crippen LogP contribution is 2.46. The van der Waals surface area contributed by atoms with Crippen LogP contribution in [0.25, 0.3) is 0 Å². The average molecular weight is 362 g/mol. The van der Waals surface area contributed by atoms with Gasteiger partial charge in [-0.1, -0.05) is 12.1 Å². The van der Waals surface area contributed by atoms with Gasteiger partial charge < -0.3 is 25.2 Å². The Morgan fingerprint density at radius 3 is 2.40 bits per heavy atom. The summed E-state index contributed by atoms with van der Waals surface area (Å²) in [5.41, 5.74) is -3.65. The Bertz CT molecular complexity index is 694. The number of carbonyl (C=O) groups is 2. The number of amides is 2. The number of carbonyl (C=O) groups excluding carboxylic acids is 2. The summed E-state index contributed by atoms with van der Waals surface area (Å²) < 4.78 is 50.5. The molecule has 1 fully saturated rings. The standard InChI is InChI=1S/C15H17F3N2O5/c1-7(21)10-11(8-5-4-6-9(24-2)12(8)25-3)19-13(22)20-14(10,23)15(16,17)18/h4-6,10-11,23H,1-3H3,(H2,19,20,22). The third-order valence-electron chi connectivity index (χ3n) is 4.01. The summed E-state index contributed by atoms with van der Waals surface area (Å²) in [6, 6.07) is 1.60. The van der Waals surface area contributed by atoms with Crippen LogP contribution in [0.3, 0.4) is 0 Å². The Labute approximate surface area is 141 Å². The summed E-state index contributed by atoms with van der Waals surface area (Å²) in [6.07, 6.45) is -5.27. The number of rotatable bonds is 4. The zero-order valence-electron chi connectivity index (χ0n) is 13.6. The molecular formula is C15H17F3N2O5. The number of hydrogen-bond acceptors (Lipinski definition) is 5. The number of ether oxygens (including phenoxy) is 2. The Kier molecular flexibility index (Phi) is 4.85. The van der Waals surface area contributed by atoms with Gasteiger partial charge >= 0.3 is 12.2 Å². The zero-order chi connectivity index (χ0) is 19.0. The fraction of sp³-hybridized carbons (Fsp3) is 0.467. The van der Waals surface area contributed by atoms with Crippen molar-refractivity contribution in [3.63, 3.8) is 0 Å². The van der Waals surface area contributed by atoms with E-state index in [4.69, 9.17) is 9.47 Å². The van der Waals surface area contributed by atoms with Gasteiger partial charge in [-0.3, -0.25) is 4.79 Å². The van der Waals surface area contributed by atoms with Crippen LogP contribution in [-0.4, -0.2) is 43.0 Å². The molecule has 1 aliphatic heterocycles. The van der Waals surface area contributed by atoms with Crippen molar-refractivity contribution in [3.8, 4) is 11.5 Å². The molecule has 1 heterocycles. The van der Waals surface area contributed by atoms with Crippen molar-refractivity contribution in [2.45, 2.75) is 24.9 Å². The van der Waals surface area contributed by atoms with Crippen LogP contribution in [0.15, 0.2) is 18.2 Å². The number of alkyl halides is 3. The third kappa shape index (κ3) is 3.09. The molecule has 0 aliphatic carbocycles. The molecule has 1 aliphatic rings. The molecule has 1 saturated heterocycles. The molecular weight excluding hydrogens is 345 g/mol. The van der Waals surface area contributed by atoms with E-state index in [2.05, 4.69) is 5.32 Å². The van der Waals surface area contributed by atoms with Gasteiger partial charge in [-0.15, -0.1) is 0 Å². The molecule has 3 N–H and O–H groups in total. The van der Waals surface area contributed by atoms with Gasteiger partial charge in [0.25, 0.3) is 0 Å². The summed E-state index contributed by atoms with van der Waals surface area (Å²) in [4.78, 5) is 23.7. The van der Waals surface area contributed by atoms with Crippen molar-refractivity contribution in [2.75, 3.05) is 14.2 Å². The summed E-state index contributed by atoms with van der Waals surface area (Å²) in [5, 5.41) is 13.8. The topological polar surface area (TPSA) is 96.9 Å². The van der Waals surface area contributed by atoms with E-state index in [0.717, 1.165) is 6.92 Å². The maximum absolute atomic E-state index is 13.4. The minimum absolute atomic E-state index is 0.0491. The van der Waals surface area contributed by atoms with E-state index in [9.17, 15) is 27.9 Å². The molecule has 0 bridgehead atoms. The lowest BCUT2D eigenvalue weighted by molar-refractivity contribution is -0.290. The minimum atomic E-state index is -5.27. The van der Waals surface area contributed by atoms with Crippen molar-refractivity contribution in [2.24, 2.45) is 5.92 Å². The second-order valence-electron chi connectivity index (χ2n) is 5.51. The van der Waals surface area contributed by atoms with E-state index in [1.165, 1.54) is 37.7 Å². The van der Waals surface area contributed by atoms with Crippen LogP contribution in [0, 0.1) is 5.92 Å². The highest BCUT2D eigenvalue weighted by atomic mass is 19.4. The Balaban J connectivity index is 2.67. The first-order valence-electron chi connectivity index (χ1n) is 7.16. The largest absolute Gasteiger partial charge is 0.493 e. The number of benzene rings is 1. The Hall–Kier alpha value is -2.49. The fourth-order valence-electron chi connectivity index (χ4n) is 2.94. The van der Waals surface area contributed by atoms with Crippen molar-refractivity contribution in [1.82, 2.24) is 10.6 Å². The number of halogens is 3. The number of para-hydroxylation sites is 1. The molecule has 138 valence electrons. The molecule has 0 saturated carbocycles. The number of aliphatic hydroxyl groups is 1. The molecule has 7 nitrogen and oxygen atoms in total. The fourth-order valence-corrected chi connectivity index (χ4v) is 2.94. The molecule has 2 rings (SSSR count). The van der Waals surface area contributed by atoms with Crippen LogP contribution in [0.4, 0.5) is 18.0 Å². The van der Waals surface area contributed by atoms with Crippen LogP contribution in [-0.2, 0) is 4.79 Å². The summed E-state index contributed by atoms with van der Waals surface area (Å²) >= 11 is 0. The highest BCUT2D eigenvalue weighted by molar-refractivity contribution is 5.86. The first-order valence-corrected chi connectivity index (χ1v) is 7.16. The van der Waals surface area contributed by atoms with E-state index in [1.807, 2.05) is 0 Å². The molecule has 1 aromatic carbocycles. The summed E-state index contributed by atoms with van der Waals surface area (Å²) in [6.45, 7) is 0.903. The van der Waals surface area contributed by atoms with Crippen LogP contribution >= 0.6 is 0 Å². The van der Waals surface area contributed by atoms with E-state index in [1.54, 1.807) is 0 Å². The van der Waals surface area contributed by atoms with Crippen LogP contribution in [0.5, 0.6) is 11.5 Å². The third-order valence-corrected chi connectivity index (χ3v) is 4.01. The van der Waals surface area contributed by atoms with Crippen molar-refractivity contribution in [1.29, 1.82) is 0 Å². The first-order chi connectivity index (χ1) is 11.6. The van der Waals surface area contributed by atoms with Gasteiger partial charge in [0.05, 0.1) is 26.2 Å². The van der Waals surface area contributed by atoms with Gasteiger partial charge in [0.1, 0.15) is 5.78 Å². The normalized spacial score (nSPS) is 26.4. The Morgan fingerprint density at radius 1 is 1.28 bits per heavy atom. The van der Waals surface area contributed by atoms with Gasteiger partial charge in [0.2, 0.25) is 5.72 Å². The minimum Gasteiger partial charge on any atom is -0.493 e. The molecule has 2 amide bonds. The zero-order valence-corrected chi connectivity index (χ0v) is 13.6. The lowest BCUT2D eigenvalue weighted by atomic mass is 9.79. The van der Waals surface area contributed by atoms with Crippen molar-refractivity contribution < 1.29 is 37.3 Å². The maximum Gasteiger partial charge on any atom is 0.437 e. The molecule has 0 aromatic heterocycles. The average Bonchev–Trinajstić information content (AvgIpc) is 2.51. The lowest BCUT2D eigenvalue weighted by Crippen LogP contribution is -2.72. The summed E-state index contributed by atoms with van der Waals surface area (Å²) in [5.74, 6) is -2.76. The quantitative estimate of drug-likeness (QED) is 0.755. The number of methoxy groups -OCH3 is 2. The second-order valence-corrected chi connectivity index (χ2v) is 5.51. The van der Waals surface area contributed by atoms with Gasteiger partial charge in [-0.2, -0.15) is 13.2 Å². The van der Waals surface area contributed by atoms with Crippen LogP contribution in [0.2, 0.25) is 0 Å². The molecule has 3 atom stereocenters. The number of nitrogens with one attached hydrogen (secondary N) is 2. The Morgan fingerprint density at radius 2 is 1.92 bits per heavy atom. The van der Waals surface area contributed by atoms with Crippen molar-refractivity contribution >= 4 is 11.8 Å². The van der Waals surface area contributed by atoms with Gasteiger partial charge in [-0.05, 0) is 13.0 Å². The molecule has 0 spiro atoms. The van der Waals surface area contributed by atoms with E-state index < -0.39 is 35.7 Å². The molecule has 1 aromatic rings. The predicted octanol–water partition coefficient (Wildman–Crippen LogP) is 1.51. The van der Waals surface area contributed by atoms with Gasteiger partial charge in [-0.25, -0.2) is 4.79 Å². The first kappa shape index (κ1) is 18.8. The molecule has 3 unspecified atom stereocenters. The van der Waals surface area contributed by atoms with Crippen molar-refractivity contribution in [3.05, 3.63) is 23.8 Å². The maximum atomic E-state index is 13.4. The number of Topliss-reactive ketones (excluding diaryl/α,β-unsaturated/α-hetero) is 1. The SMILES string of the molecule is COc1cccc(C2NC(=O)NC(O)(C(F)(F)F)C2C(C)=O)c1OC. The van der Waals surface area contributed by atoms with Gasteiger partial charge in [0.15, 0.2) is 11.5 Å². The number of ketones is 1. The second kappa shape index (κ2) is 6.43. The molecule has 0 radical (unpaired) electrons. The molecule has 10 heteroatoms. The lowest BCUT2D eigenvalue weighted by Gasteiger charge is -2.44. The van der Waals surface area contributed by atoms with E-state index in [0.29, 0.717) is 0 Å². The molecule has 25 heavy (non-hydrogen) atoms. The smallest absolute Gasteiger partial charge is 0.437 e. The van der Waals surface area contributed by atoms with Crippen LogP contribution in [0.1, 0.15) is 18.5 Å². The highest BCUT2D eigenvalue weighted by Gasteiger charge is 2.65. The monoisotopic (exact) mass is 362 g/mol. The number of hydrogen-bond donors (Lipinski definition) is 3. The summed E-state index contributed by atoms with van der Waals surface area (Å²) in [7, 11) is 2.60. The van der Waals surface area contributed by atoms with Crippen LogP contribution < -0.4 is 20.1 Å². The van der Waals surface area contributed by atoms with Gasteiger partial charge in [0, 0.05) is 5.56 Å². The van der Waals surface area contributed by atoms with E-state index >= 15 is 0 Å². The number of urea groups is 1.